The van der Waals surface area contributed by atoms with E-state index in [4.69, 9.17) is 9.84 Å². The Morgan fingerprint density at radius 3 is 2.70 bits per heavy atom. The molecule has 0 aromatic heterocycles. The number of para-hydroxylation sites is 1. The number of carbonyl (C=O) groups is 1. The molecule has 1 fully saturated rings. The molecule has 0 saturated carbocycles. The molecule has 1 aromatic carbocycles. The molecular weight excluding hydrogens is 258 g/mol. The van der Waals surface area contributed by atoms with E-state index in [9.17, 15) is 9.90 Å². The molecule has 5 heteroatoms. The van der Waals surface area contributed by atoms with Crippen molar-refractivity contribution in [1.29, 1.82) is 0 Å². The first kappa shape index (κ1) is 14.7. The van der Waals surface area contributed by atoms with Gasteiger partial charge in [-0.2, -0.15) is 0 Å². The van der Waals surface area contributed by atoms with Gasteiger partial charge in [-0.25, -0.2) is 0 Å². The van der Waals surface area contributed by atoms with Crippen LogP contribution in [0.1, 0.15) is 24.8 Å². The molecule has 1 aliphatic rings. The van der Waals surface area contributed by atoms with Gasteiger partial charge in [-0.15, -0.1) is 0 Å². The number of likely N-dealkylation sites (tertiary alicyclic amines) is 1. The van der Waals surface area contributed by atoms with Crippen LogP contribution in [0.15, 0.2) is 18.2 Å². The number of rotatable bonds is 5. The number of phenols is 1. The lowest BCUT2D eigenvalue weighted by Gasteiger charge is -2.31. The summed E-state index contributed by atoms with van der Waals surface area (Å²) in [6, 6.07) is 5.49. The number of ether oxygens (including phenoxy) is 1. The Labute approximate surface area is 118 Å². The Kier molecular flexibility index (Phi) is 4.84. The molecule has 1 aliphatic heterocycles. The predicted octanol–water partition coefficient (Wildman–Crippen LogP) is 2.09. The van der Waals surface area contributed by atoms with Gasteiger partial charge in [0.25, 0.3) is 0 Å². The zero-order valence-electron chi connectivity index (χ0n) is 11.7. The number of aromatic hydroxyl groups is 1. The van der Waals surface area contributed by atoms with Crippen molar-refractivity contribution in [3.05, 3.63) is 23.8 Å². The number of phenolic OH excluding ortho intramolecular Hbond substituents is 1. The summed E-state index contributed by atoms with van der Waals surface area (Å²) >= 11 is 0. The second-order valence-electron chi connectivity index (χ2n) is 5.29. The normalized spacial score (nSPS) is 17.1. The number of benzene rings is 1. The maximum Gasteiger partial charge on any atom is 0.303 e. The molecule has 0 unspecified atom stereocenters. The van der Waals surface area contributed by atoms with Crippen LogP contribution in [0.3, 0.4) is 0 Å². The maximum absolute atomic E-state index is 10.7. The van der Waals surface area contributed by atoms with Crippen LogP contribution in [0.25, 0.3) is 0 Å². The number of carboxylic acid groups (broad SMARTS) is 1. The van der Waals surface area contributed by atoms with Crippen LogP contribution in [0.4, 0.5) is 0 Å². The Balaban J connectivity index is 1.91. The predicted molar refractivity (Wildman–Crippen MR) is 74.9 cm³/mol. The first-order valence-corrected chi connectivity index (χ1v) is 6.89. The number of hydrogen-bond donors (Lipinski definition) is 2. The molecule has 0 atom stereocenters. The second kappa shape index (κ2) is 6.61. The summed E-state index contributed by atoms with van der Waals surface area (Å²) in [5, 5.41) is 18.9. The number of aliphatic carboxylic acids is 1. The molecule has 2 rings (SSSR count). The molecule has 0 spiro atoms. The van der Waals surface area contributed by atoms with E-state index in [0.29, 0.717) is 12.3 Å². The second-order valence-corrected chi connectivity index (χ2v) is 5.29. The number of methoxy groups -OCH3 is 1. The average Bonchev–Trinajstić information content (AvgIpc) is 2.43. The van der Waals surface area contributed by atoms with Crippen LogP contribution >= 0.6 is 0 Å². The van der Waals surface area contributed by atoms with E-state index >= 15 is 0 Å². The lowest BCUT2D eigenvalue weighted by Crippen LogP contribution is -2.33. The molecule has 2 N–H and O–H groups in total. The van der Waals surface area contributed by atoms with Crippen LogP contribution in [-0.2, 0) is 11.3 Å². The molecule has 0 amide bonds. The van der Waals surface area contributed by atoms with Gasteiger partial charge < -0.3 is 14.9 Å². The lowest BCUT2D eigenvalue weighted by atomic mass is 9.93. The van der Waals surface area contributed by atoms with Crippen LogP contribution in [-0.4, -0.2) is 41.3 Å². The van der Waals surface area contributed by atoms with E-state index in [-0.39, 0.29) is 18.1 Å². The molecule has 20 heavy (non-hydrogen) atoms. The number of hydrogen-bond acceptors (Lipinski definition) is 4. The summed E-state index contributed by atoms with van der Waals surface area (Å²) < 4.78 is 5.10. The molecule has 1 aromatic rings. The van der Waals surface area contributed by atoms with Gasteiger partial charge in [0.15, 0.2) is 11.5 Å². The van der Waals surface area contributed by atoms with Crippen LogP contribution in [0, 0.1) is 5.92 Å². The van der Waals surface area contributed by atoms with E-state index in [0.717, 1.165) is 31.5 Å². The van der Waals surface area contributed by atoms with Crippen molar-refractivity contribution in [3.63, 3.8) is 0 Å². The molecule has 1 saturated heterocycles. The van der Waals surface area contributed by atoms with E-state index in [1.807, 2.05) is 12.1 Å². The van der Waals surface area contributed by atoms with Gasteiger partial charge in [-0.3, -0.25) is 9.69 Å². The summed E-state index contributed by atoms with van der Waals surface area (Å²) in [5.41, 5.74) is 0.848. The highest BCUT2D eigenvalue weighted by Crippen LogP contribution is 2.31. The van der Waals surface area contributed by atoms with Gasteiger partial charge in [0.2, 0.25) is 0 Å². The molecular formula is C15H21NO4. The molecule has 110 valence electrons. The van der Waals surface area contributed by atoms with E-state index in [2.05, 4.69) is 4.90 Å². The van der Waals surface area contributed by atoms with E-state index < -0.39 is 5.97 Å². The van der Waals surface area contributed by atoms with Crippen molar-refractivity contribution in [1.82, 2.24) is 4.90 Å². The van der Waals surface area contributed by atoms with Gasteiger partial charge in [0.05, 0.1) is 7.11 Å². The van der Waals surface area contributed by atoms with E-state index in [1.54, 1.807) is 6.07 Å². The fourth-order valence-corrected chi connectivity index (χ4v) is 2.70. The Bertz CT molecular complexity index is 467. The highest BCUT2D eigenvalue weighted by molar-refractivity contribution is 5.67. The molecule has 0 bridgehead atoms. The third kappa shape index (κ3) is 3.63. The van der Waals surface area contributed by atoms with Crippen molar-refractivity contribution in [2.45, 2.75) is 25.8 Å². The number of carboxylic acids is 1. The van der Waals surface area contributed by atoms with Crippen LogP contribution < -0.4 is 4.74 Å². The summed E-state index contributed by atoms with van der Waals surface area (Å²) in [7, 11) is 1.54. The van der Waals surface area contributed by atoms with Crippen molar-refractivity contribution in [2.75, 3.05) is 20.2 Å². The molecule has 5 nitrogen and oxygen atoms in total. The largest absolute Gasteiger partial charge is 0.504 e. The molecule has 0 radical (unpaired) electrons. The minimum Gasteiger partial charge on any atom is -0.504 e. The fraction of sp³-hybridized carbons (Fsp3) is 0.533. The summed E-state index contributed by atoms with van der Waals surface area (Å²) in [6.45, 7) is 2.41. The summed E-state index contributed by atoms with van der Waals surface area (Å²) in [5.74, 6) is 0.252. The lowest BCUT2D eigenvalue weighted by molar-refractivity contribution is -0.138. The zero-order valence-corrected chi connectivity index (χ0v) is 11.7. The summed E-state index contributed by atoms with van der Waals surface area (Å²) in [4.78, 5) is 12.9. The van der Waals surface area contributed by atoms with Gasteiger partial charge >= 0.3 is 5.97 Å². The molecule has 1 heterocycles. The standard InChI is InChI=1S/C15H21NO4/c1-20-13-4-2-3-12(15(13)19)10-16-7-5-11(6-8-16)9-14(17)18/h2-4,11,19H,5-10H2,1H3,(H,17,18). The minimum atomic E-state index is -0.714. The van der Waals surface area contributed by atoms with Gasteiger partial charge in [-0.1, -0.05) is 12.1 Å². The van der Waals surface area contributed by atoms with Gasteiger partial charge in [-0.05, 0) is 37.9 Å². The quantitative estimate of drug-likeness (QED) is 0.863. The van der Waals surface area contributed by atoms with Crippen LogP contribution in [0.2, 0.25) is 0 Å². The van der Waals surface area contributed by atoms with Crippen molar-refractivity contribution < 1.29 is 19.7 Å². The Morgan fingerprint density at radius 1 is 1.40 bits per heavy atom. The maximum atomic E-state index is 10.7. The first-order valence-electron chi connectivity index (χ1n) is 6.89. The number of piperidine rings is 1. The SMILES string of the molecule is COc1cccc(CN2CCC(CC(=O)O)CC2)c1O. The van der Waals surface area contributed by atoms with E-state index in [1.165, 1.54) is 7.11 Å². The topological polar surface area (TPSA) is 70.0 Å². The fourth-order valence-electron chi connectivity index (χ4n) is 2.70. The average molecular weight is 279 g/mol. The third-order valence-electron chi connectivity index (χ3n) is 3.87. The Morgan fingerprint density at radius 2 is 2.10 bits per heavy atom. The van der Waals surface area contributed by atoms with Gasteiger partial charge in [0.1, 0.15) is 0 Å². The minimum absolute atomic E-state index is 0.197. The third-order valence-corrected chi connectivity index (χ3v) is 3.87. The monoisotopic (exact) mass is 279 g/mol. The highest BCUT2D eigenvalue weighted by atomic mass is 16.5. The smallest absolute Gasteiger partial charge is 0.303 e. The van der Waals surface area contributed by atoms with Gasteiger partial charge in [0, 0.05) is 18.5 Å². The van der Waals surface area contributed by atoms with Crippen LogP contribution in [0.5, 0.6) is 11.5 Å². The van der Waals surface area contributed by atoms with Crippen molar-refractivity contribution in [3.8, 4) is 11.5 Å². The number of nitrogens with zero attached hydrogens (tertiary/aromatic N) is 1. The first-order chi connectivity index (χ1) is 9.60. The zero-order chi connectivity index (χ0) is 14.5. The summed E-state index contributed by atoms with van der Waals surface area (Å²) in [6.07, 6.45) is 2.06. The van der Waals surface area contributed by atoms with Crippen molar-refractivity contribution in [2.24, 2.45) is 5.92 Å². The Hall–Kier alpha value is -1.75. The molecule has 0 aliphatic carbocycles. The highest BCUT2D eigenvalue weighted by Gasteiger charge is 2.22. The van der Waals surface area contributed by atoms with Crippen molar-refractivity contribution >= 4 is 5.97 Å².